The highest BCUT2D eigenvalue weighted by atomic mass is 31.2. The summed E-state index contributed by atoms with van der Waals surface area (Å²) in [6.07, 6.45) is 39.9. The minimum Gasteiger partial charge on any atom is -0.457 e. The number of hydrogen-bond donors (Lipinski definition) is 1. The lowest BCUT2D eigenvalue weighted by atomic mass is 10.0. The van der Waals surface area contributed by atoms with Crippen LogP contribution in [-0.4, -0.2) is 75.6 Å². The summed E-state index contributed by atoms with van der Waals surface area (Å²) in [4.78, 5) is 22.8. The first-order valence-corrected chi connectivity index (χ1v) is 24.3. The van der Waals surface area contributed by atoms with E-state index in [0.29, 0.717) is 24.1 Å². The number of nitrogens with zero attached hydrogens (tertiary/aromatic N) is 1. The molecule has 0 aliphatic rings. The monoisotopic (exact) mass is 777 g/mol. The van der Waals surface area contributed by atoms with Crippen LogP contribution in [0.3, 0.4) is 0 Å². The van der Waals surface area contributed by atoms with E-state index in [0.717, 1.165) is 32.1 Å². The summed E-state index contributed by atoms with van der Waals surface area (Å²) in [5.74, 6) is -0.310. The van der Waals surface area contributed by atoms with Crippen molar-refractivity contribution in [2.24, 2.45) is 0 Å². The third-order valence-electron chi connectivity index (χ3n) is 10.2. The van der Waals surface area contributed by atoms with E-state index in [1.165, 1.54) is 167 Å². The van der Waals surface area contributed by atoms with Crippen molar-refractivity contribution in [3.8, 4) is 0 Å². The van der Waals surface area contributed by atoms with Crippen LogP contribution >= 0.6 is 7.82 Å². The van der Waals surface area contributed by atoms with Crippen molar-refractivity contribution in [2.75, 3.05) is 54.1 Å². The number of quaternary nitrogens is 1. The highest BCUT2D eigenvalue weighted by molar-refractivity contribution is 7.47. The van der Waals surface area contributed by atoms with Crippen LogP contribution < -0.4 is 0 Å². The summed E-state index contributed by atoms with van der Waals surface area (Å²) >= 11 is 0. The Labute approximate surface area is 329 Å². The van der Waals surface area contributed by atoms with Crippen molar-refractivity contribution in [3.63, 3.8) is 0 Å². The Morgan fingerprint density at radius 3 is 1.25 bits per heavy atom. The minimum atomic E-state index is -4.26. The van der Waals surface area contributed by atoms with Gasteiger partial charge in [0.05, 0.1) is 34.4 Å². The third kappa shape index (κ3) is 42.5. The molecular formula is C44H91NO7P+. The second-order valence-electron chi connectivity index (χ2n) is 16.8. The summed E-state index contributed by atoms with van der Waals surface area (Å²) in [5.41, 5.74) is 0. The average Bonchev–Trinajstić information content (AvgIpc) is 3.11. The Hall–Kier alpha value is -0.500. The third-order valence-corrected chi connectivity index (χ3v) is 11.2. The second kappa shape index (κ2) is 38.4. The molecular weight excluding hydrogens is 685 g/mol. The number of ether oxygens (including phenoxy) is 2. The van der Waals surface area contributed by atoms with Gasteiger partial charge < -0.3 is 18.9 Å². The summed E-state index contributed by atoms with van der Waals surface area (Å²) in [6.45, 7) is 5.67. The normalized spacial score (nSPS) is 13.7. The molecule has 8 nitrogen and oxygen atoms in total. The van der Waals surface area contributed by atoms with Crippen LogP contribution in [0.4, 0.5) is 0 Å². The average molecular weight is 777 g/mol. The van der Waals surface area contributed by atoms with E-state index in [1.54, 1.807) is 0 Å². The van der Waals surface area contributed by atoms with Gasteiger partial charge in [-0.15, -0.1) is 0 Å². The van der Waals surface area contributed by atoms with Crippen molar-refractivity contribution in [3.05, 3.63) is 0 Å². The summed E-state index contributed by atoms with van der Waals surface area (Å²) in [7, 11) is 1.68. The van der Waals surface area contributed by atoms with Gasteiger partial charge in [0, 0.05) is 13.0 Å². The standard InChI is InChI=1S/C44H90NO7P/c1-6-8-10-12-14-16-18-19-20-21-22-23-24-25-26-28-30-32-34-36-39-49-41-43(42-51-53(47,48)50-40-38-45(3,4)5)52-44(46)37-35-33-31-29-27-17-15-13-11-9-7-2/h43H,6-42H2,1-5H3/p+1/t43-/m1/s1. The van der Waals surface area contributed by atoms with E-state index in [1.807, 2.05) is 21.1 Å². The number of phosphoric acid groups is 1. The van der Waals surface area contributed by atoms with Gasteiger partial charge in [0.2, 0.25) is 0 Å². The number of phosphoric ester groups is 1. The molecule has 0 saturated carbocycles. The molecule has 0 rings (SSSR count). The van der Waals surface area contributed by atoms with Gasteiger partial charge in [-0.3, -0.25) is 13.8 Å². The maximum absolute atomic E-state index is 12.6. The zero-order chi connectivity index (χ0) is 39.1. The molecule has 0 aromatic rings. The van der Waals surface area contributed by atoms with Gasteiger partial charge in [0.15, 0.2) is 0 Å². The molecule has 0 aromatic heterocycles. The highest BCUT2D eigenvalue weighted by Gasteiger charge is 2.26. The molecule has 0 saturated heterocycles. The lowest BCUT2D eigenvalue weighted by Crippen LogP contribution is -2.37. The molecule has 2 atom stereocenters. The first kappa shape index (κ1) is 52.5. The van der Waals surface area contributed by atoms with Gasteiger partial charge in [-0.1, -0.05) is 200 Å². The summed E-state index contributed by atoms with van der Waals surface area (Å²) < 4.78 is 35.0. The second-order valence-corrected chi connectivity index (χ2v) is 18.3. The van der Waals surface area contributed by atoms with Crippen LogP contribution in [0.5, 0.6) is 0 Å². The molecule has 1 unspecified atom stereocenters. The SMILES string of the molecule is CCCCCCCCCCCCCCCCCCCCCCOC[C@H](COP(=O)(O)OCC[N+](C)(C)C)OC(=O)CCCCCCCCCCCCC. The Morgan fingerprint density at radius 1 is 0.509 bits per heavy atom. The number of esters is 1. The Bertz CT molecular complexity index is 822. The topological polar surface area (TPSA) is 91.3 Å². The smallest absolute Gasteiger partial charge is 0.457 e. The number of rotatable bonds is 43. The van der Waals surface area contributed by atoms with Crippen molar-refractivity contribution in [2.45, 2.75) is 225 Å². The van der Waals surface area contributed by atoms with E-state index in [-0.39, 0.29) is 25.8 Å². The molecule has 0 spiro atoms. The van der Waals surface area contributed by atoms with Gasteiger partial charge in [0.1, 0.15) is 19.3 Å². The molecule has 0 fully saturated rings. The van der Waals surface area contributed by atoms with E-state index >= 15 is 0 Å². The van der Waals surface area contributed by atoms with Crippen LogP contribution in [0, 0.1) is 0 Å². The van der Waals surface area contributed by atoms with E-state index < -0.39 is 13.9 Å². The van der Waals surface area contributed by atoms with E-state index in [9.17, 15) is 14.3 Å². The molecule has 53 heavy (non-hydrogen) atoms. The molecule has 0 aliphatic heterocycles. The summed E-state index contributed by atoms with van der Waals surface area (Å²) in [6, 6.07) is 0. The van der Waals surface area contributed by atoms with Crippen molar-refractivity contribution >= 4 is 13.8 Å². The Kier molecular flexibility index (Phi) is 38.0. The zero-order valence-electron chi connectivity index (χ0n) is 36.0. The minimum absolute atomic E-state index is 0.0938. The predicted molar refractivity (Wildman–Crippen MR) is 224 cm³/mol. The number of carbonyl (C=O) groups excluding carboxylic acids is 1. The molecule has 0 aromatic carbocycles. The van der Waals surface area contributed by atoms with Crippen LogP contribution in [0.25, 0.3) is 0 Å². The van der Waals surface area contributed by atoms with Gasteiger partial charge >= 0.3 is 13.8 Å². The fourth-order valence-electron chi connectivity index (χ4n) is 6.61. The largest absolute Gasteiger partial charge is 0.472 e. The van der Waals surface area contributed by atoms with Crippen LogP contribution in [0.1, 0.15) is 219 Å². The fourth-order valence-corrected chi connectivity index (χ4v) is 7.35. The number of hydrogen-bond acceptors (Lipinski definition) is 6. The summed E-state index contributed by atoms with van der Waals surface area (Å²) in [5, 5.41) is 0. The van der Waals surface area contributed by atoms with Crippen molar-refractivity contribution < 1.29 is 37.3 Å². The van der Waals surface area contributed by atoms with E-state index in [2.05, 4.69) is 13.8 Å². The van der Waals surface area contributed by atoms with E-state index in [4.69, 9.17) is 18.5 Å². The van der Waals surface area contributed by atoms with Gasteiger partial charge in [-0.05, 0) is 12.8 Å². The molecule has 1 N–H and O–H groups in total. The lowest BCUT2D eigenvalue weighted by molar-refractivity contribution is -0.870. The molecule has 9 heteroatoms. The maximum atomic E-state index is 12.6. The predicted octanol–water partition coefficient (Wildman–Crippen LogP) is 13.3. The van der Waals surface area contributed by atoms with Gasteiger partial charge in [-0.25, -0.2) is 4.57 Å². The van der Waals surface area contributed by atoms with Gasteiger partial charge in [-0.2, -0.15) is 0 Å². The number of unbranched alkanes of at least 4 members (excludes halogenated alkanes) is 29. The van der Waals surface area contributed by atoms with Crippen molar-refractivity contribution in [1.29, 1.82) is 0 Å². The Balaban J connectivity index is 4.09. The number of carbonyl (C=O) groups is 1. The molecule has 318 valence electrons. The molecule has 0 aliphatic carbocycles. The quantitative estimate of drug-likeness (QED) is 0.0285. The van der Waals surface area contributed by atoms with Crippen molar-refractivity contribution in [1.82, 2.24) is 0 Å². The number of likely N-dealkylation sites (N-methyl/N-ethyl adjacent to an activating group) is 1. The first-order chi connectivity index (χ1) is 25.6. The van der Waals surface area contributed by atoms with Crippen LogP contribution in [0.2, 0.25) is 0 Å². The molecule has 0 radical (unpaired) electrons. The van der Waals surface area contributed by atoms with Crippen LogP contribution in [0.15, 0.2) is 0 Å². The van der Waals surface area contributed by atoms with Gasteiger partial charge in [0.25, 0.3) is 0 Å². The lowest BCUT2D eigenvalue weighted by Gasteiger charge is -2.24. The Morgan fingerprint density at radius 2 is 0.868 bits per heavy atom. The zero-order valence-corrected chi connectivity index (χ0v) is 36.9. The highest BCUT2D eigenvalue weighted by Crippen LogP contribution is 2.43. The molecule has 0 bridgehead atoms. The molecule has 0 amide bonds. The fraction of sp³-hybridized carbons (Fsp3) is 0.977. The van der Waals surface area contributed by atoms with Crippen LogP contribution in [-0.2, 0) is 27.9 Å². The maximum Gasteiger partial charge on any atom is 0.472 e. The molecule has 0 heterocycles. The first-order valence-electron chi connectivity index (χ1n) is 22.8.